The zero-order chi connectivity index (χ0) is 15.4. The second kappa shape index (κ2) is 7.54. The Labute approximate surface area is 139 Å². The normalized spacial score (nSPS) is 21.9. The Kier molecular flexibility index (Phi) is 5.99. The van der Waals surface area contributed by atoms with Crippen molar-refractivity contribution in [3.8, 4) is 5.75 Å². The first kappa shape index (κ1) is 16.7. The third-order valence-corrected chi connectivity index (χ3v) is 4.48. The van der Waals surface area contributed by atoms with E-state index >= 15 is 0 Å². The highest BCUT2D eigenvalue weighted by molar-refractivity contribution is 6.43. The van der Waals surface area contributed by atoms with E-state index in [1.54, 1.807) is 0 Å². The summed E-state index contributed by atoms with van der Waals surface area (Å²) in [7, 11) is 0. The molecule has 0 aliphatic carbocycles. The van der Waals surface area contributed by atoms with Gasteiger partial charge in [0, 0.05) is 12.1 Å². The predicted molar refractivity (Wildman–Crippen MR) is 85.5 cm³/mol. The summed E-state index contributed by atoms with van der Waals surface area (Å²) < 4.78 is 5.41. The van der Waals surface area contributed by atoms with Crippen LogP contribution in [0.5, 0.6) is 5.75 Å². The van der Waals surface area contributed by atoms with E-state index in [2.05, 4.69) is 17.6 Å². The van der Waals surface area contributed by atoms with E-state index in [9.17, 15) is 4.79 Å². The van der Waals surface area contributed by atoms with Gasteiger partial charge in [0.2, 0.25) is 0 Å². The van der Waals surface area contributed by atoms with Gasteiger partial charge >= 0.3 is 0 Å². The summed E-state index contributed by atoms with van der Waals surface area (Å²) in [4.78, 5) is 11.9. The number of carbonyl (C=O) groups is 1. The molecule has 4 nitrogen and oxygen atoms in total. The smallest absolute Gasteiger partial charge is 0.258 e. The first-order valence-corrected chi connectivity index (χ1v) is 7.88. The lowest BCUT2D eigenvalue weighted by atomic mass is 9.95. The number of hydrogen-bond acceptors (Lipinski definition) is 3. The lowest BCUT2D eigenvalue weighted by Crippen LogP contribution is -2.49. The van der Waals surface area contributed by atoms with Crippen molar-refractivity contribution >= 4 is 40.7 Å². The zero-order valence-electron chi connectivity index (χ0n) is 11.6. The summed E-state index contributed by atoms with van der Waals surface area (Å²) in [6, 6.07) is 3.17. The summed E-state index contributed by atoms with van der Waals surface area (Å²) in [6.07, 6.45) is 0.917. The summed E-state index contributed by atoms with van der Waals surface area (Å²) in [5, 5.41) is 7.28. The Morgan fingerprint density at radius 1 is 1.33 bits per heavy atom. The highest BCUT2D eigenvalue weighted by atomic mass is 35.5. The maximum absolute atomic E-state index is 11.9. The standard InChI is InChI=1S/C14H17Cl3N2O2/c1-8-6-18-3-2-12(8)19-14(20)7-21-13-5-10(16)9(15)4-11(13)17/h4-5,8,12,18H,2-3,6-7H2,1H3,(H,19,20). The molecule has 2 N–H and O–H groups in total. The predicted octanol–water partition coefficient (Wildman–Crippen LogP) is 3.14. The highest BCUT2D eigenvalue weighted by Crippen LogP contribution is 2.33. The molecule has 2 unspecified atom stereocenters. The molecule has 0 bridgehead atoms. The van der Waals surface area contributed by atoms with Gasteiger partial charge in [-0.1, -0.05) is 41.7 Å². The zero-order valence-corrected chi connectivity index (χ0v) is 13.9. The van der Waals surface area contributed by atoms with E-state index in [0.717, 1.165) is 19.5 Å². The molecule has 2 rings (SSSR count). The molecule has 7 heteroatoms. The molecule has 1 aliphatic rings. The molecule has 0 aromatic heterocycles. The van der Waals surface area contributed by atoms with Crippen LogP contribution in [0.1, 0.15) is 13.3 Å². The van der Waals surface area contributed by atoms with Crippen LogP contribution in [0.2, 0.25) is 15.1 Å². The molecular weight excluding hydrogens is 335 g/mol. The number of ether oxygens (including phenoxy) is 1. The molecule has 2 atom stereocenters. The van der Waals surface area contributed by atoms with Crippen LogP contribution in [0.4, 0.5) is 0 Å². The highest BCUT2D eigenvalue weighted by Gasteiger charge is 2.22. The average molecular weight is 352 g/mol. The van der Waals surface area contributed by atoms with E-state index in [1.807, 2.05) is 0 Å². The lowest BCUT2D eigenvalue weighted by Gasteiger charge is -2.30. The minimum Gasteiger partial charge on any atom is -0.482 e. The van der Waals surface area contributed by atoms with Crippen molar-refractivity contribution in [2.24, 2.45) is 5.92 Å². The molecule has 116 valence electrons. The van der Waals surface area contributed by atoms with Gasteiger partial charge in [0.25, 0.3) is 5.91 Å². The third kappa shape index (κ3) is 4.65. The Morgan fingerprint density at radius 3 is 2.76 bits per heavy atom. The van der Waals surface area contributed by atoms with Crippen molar-refractivity contribution in [2.45, 2.75) is 19.4 Å². The minimum absolute atomic E-state index is 0.103. The molecule has 1 aromatic rings. The monoisotopic (exact) mass is 350 g/mol. The SMILES string of the molecule is CC1CNCCC1NC(=O)COc1cc(Cl)c(Cl)cc1Cl. The van der Waals surface area contributed by atoms with E-state index < -0.39 is 0 Å². The molecule has 1 aromatic carbocycles. The summed E-state index contributed by atoms with van der Waals surface area (Å²) in [5.74, 6) is 0.576. The maximum atomic E-state index is 11.9. The van der Waals surface area contributed by atoms with Crippen molar-refractivity contribution in [1.29, 1.82) is 0 Å². The molecule has 0 saturated carbocycles. The molecule has 1 heterocycles. The number of benzene rings is 1. The molecular formula is C14H17Cl3N2O2. The van der Waals surface area contributed by atoms with Gasteiger partial charge in [-0.15, -0.1) is 0 Å². The first-order chi connectivity index (χ1) is 9.97. The van der Waals surface area contributed by atoms with Crippen molar-refractivity contribution in [3.63, 3.8) is 0 Å². The number of rotatable bonds is 4. The topological polar surface area (TPSA) is 50.4 Å². The Morgan fingerprint density at radius 2 is 2.05 bits per heavy atom. The number of halogens is 3. The summed E-state index contributed by atoms with van der Waals surface area (Å²) >= 11 is 17.7. The van der Waals surface area contributed by atoms with Crippen LogP contribution in [0, 0.1) is 5.92 Å². The molecule has 1 aliphatic heterocycles. The molecule has 0 spiro atoms. The van der Waals surface area contributed by atoms with Gasteiger partial charge in [-0.25, -0.2) is 0 Å². The molecule has 0 radical (unpaired) electrons. The largest absolute Gasteiger partial charge is 0.482 e. The number of carbonyl (C=O) groups excluding carboxylic acids is 1. The number of piperidine rings is 1. The fourth-order valence-electron chi connectivity index (χ4n) is 2.24. The van der Waals surface area contributed by atoms with Gasteiger partial charge in [-0.05, 0) is 31.5 Å². The average Bonchev–Trinajstić information content (AvgIpc) is 2.44. The van der Waals surface area contributed by atoms with Crippen molar-refractivity contribution in [1.82, 2.24) is 10.6 Å². The number of nitrogens with one attached hydrogen (secondary N) is 2. The second-order valence-electron chi connectivity index (χ2n) is 5.13. The summed E-state index contributed by atoms with van der Waals surface area (Å²) in [5.41, 5.74) is 0. The van der Waals surface area contributed by atoms with Gasteiger partial charge in [-0.2, -0.15) is 0 Å². The third-order valence-electron chi connectivity index (χ3n) is 3.47. The van der Waals surface area contributed by atoms with Gasteiger partial charge in [-0.3, -0.25) is 4.79 Å². The Balaban J connectivity index is 1.88. The van der Waals surface area contributed by atoms with Crippen LogP contribution < -0.4 is 15.4 Å². The van der Waals surface area contributed by atoms with Gasteiger partial charge in [0.1, 0.15) is 5.75 Å². The van der Waals surface area contributed by atoms with Gasteiger partial charge in [0.05, 0.1) is 15.1 Å². The fraction of sp³-hybridized carbons (Fsp3) is 0.500. The number of amides is 1. The Hall–Kier alpha value is -0.680. The summed E-state index contributed by atoms with van der Waals surface area (Å²) in [6.45, 7) is 3.82. The van der Waals surface area contributed by atoms with Crippen molar-refractivity contribution < 1.29 is 9.53 Å². The van der Waals surface area contributed by atoms with E-state index in [0.29, 0.717) is 26.7 Å². The Bertz CT molecular complexity index is 525. The van der Waals surface area contributed by atoms with Crippen LogP contribution in [0.15, 0.2) is 12.1 Å². The minimum atomic E-state index is -0.170. The molecule has 1 amide bonds. The van der Waals surface area contributed by atoms with E-state index in [-0.39, 0.29) is 18.6 Å². The molecule has 1 fully saturated rings. The van der Waals surface area contributed by atoms with Crippen LogP contribution in [0.3, 0.4) is 0 Å². The van der Waals surface area contributed by atoms with Crippen molar-refractivity contribution in [2.75, 3.05) is 19.7 Å². The van der Waals surface area contributed by atoms with Gasteiger partial charge < -0.3 is 15.4 Å². The van der Waals surface area contributed by atoms with Crippen molar-refractivity contribution in [3.05, 3.63) is 27.2 Å². The maximum Gasteiger partial charge on any atom is 0.258 e. The van der Waals surface area contributed by atoms with Gasteiger partial charge in [0.15, 0.2) is 6.61 Å². The second-order valence-corrected chi connectivity index (χ2v) is 6.35. The van der Waals surface area contributed by atoms with Crippen LogP contribution in [0.25, 0.3) is 0 Å². The van der Waals surface area contributed by atoms with E-state index in [4.69, 9.17) is 39.5 Å². The molecule has 1 saturated heterocycles. The van der Waals surface area contributed by atoms with Crippen LogP contribution >= 0.6 is 34.8 Å². The van der Waals surface area contributed by atoms with E-state index in [1.165, 1.54) is 12.1 Å². The fourth-order valence-corrected chi connectivity index (χ4v) is 2.83. The molecule has 21 heavy (non-hydrogen) atoms. The first-order valence-electron chi connectivity index (χ1n) is 6.75. The number of hydrogen-bond donors (Lipinski definition) is 2. The lowest BCUT2D eigenvalue weighted by molar-refractivity contribution is -0.124. The quantitative estimate of drug-likeness (QED) is 0.819. The van der Waals surface area contributed by atoms with Crippen LogP contribution in [-0.4, -0.2) is 31.6 Å². The van der Waals surface area contributed by atoms with Crippen LogP contribution in [-0.2, 0) is 4.79 Å².